The van der Waals surface area contributed by atoms with E-state index in [9.17, 15) is 0 Å². The van der Waals surface area contributed by atoms with Gasteiger partial charge in [0.2, 0.25) is 5.89 Å². The van der Waals surface area contributed by atoms with Crippen molar-refractivity contribution in [3.05, 3.63) is 64.5 Å². The molecule has 1 N–H and O–H groups in total. The van der Waals surface area contributed by atoms with Gasteiger partial charge in [-0.2, -0.15) is 0 Å². The van der Waals surface area contributed by atoms with Gasteiger partial charge in [0, 0.05) is 17.0 Å². The number of nitrogens with one attached hydrogen (secondary N) is 1. The molecule has 0 radical (unpaired) electrons. The molecule has 7 heteroatoms. The molecule has 5 nitrogen and oxygen atoms in total. The first-order valence-electron chi connectivity index (χ1n) is 9.54. The van der Waals surface area contributed by atoms with Crippen molar-refractivity contribution >= 4 is 33.2 Å². The average molecular weight is 412 g/mol. The lowest BCUT2D eigenvalue weighted by Crippen LogP contribution is -3.11. The van der Waals surface area contributed by atoms with Gasteiger partial charge >= 0.3 is 0 Å². The molecule has 0 aliphatic carbocycles. The van der Waals surface area contributed by atoms with Crippen molar-refractivity contribution in [3.63, 3.8) is 0 Å². The fraction of sp³-hybridized carbons (Fsp3) is 0.286. The van der Waals surface area contributed by atoms with E-state index in [0.717, 1.165) is 30.6 Å². The summed E-state index contributed by atoms with van der Waals surface area (Å²) in [6.45, 7) is 1.82. The number of piperidine rings is 1. The number of likely N-dealkylation sites (tertiary alicyclic amines) is 1. The number of hydrogen-bond donors (Lipinski definition) is 1. The first-order valence-corrected chi connectivity index (χ1v) is 10.7. The summed E-state index contributed by atoms with van der Waals surface area (Å²) in [6, 6.07) is 16.2. The highest BCUT2D eigenvalue weighted by Crippen LogP contribution is 2.29. The Hall–Kier alpha value is -2.28. The molecule has 5 rings (SSSR count). The third-order valence-electron chi connectivity index (χ3n) is 5.28. The Morgan fingerprint density at radius 2 is 1.93 bits per heavy atom. The molecular formula is C21H20ClN4OS+. The SMILES string of the molecule is Clc1ccc(-c2nnc(C[NH+]3CCCC[C@H]3c3nc4ccccc4s3)o2)cc1. The molecule has 1 saturated heterocycles. The number of fused-ring (bicyclic) bond motifs is 1. The standard InChI is InChI=1S/C21H19ClN4OS/c22-15-10-8-14(9-11-15)20-25-24-19(27-20)13-26-12-4-3-6-17(26)21-23-16-5-1-2-7-18(16)28-21/h1-2,5,7-11,17H,3-4,6,12-13H2/p+1/t17-/m0/s1. The van der Waals surface area contributed by atoms with Gasteiger partial charge in [0.1, 0.15) is 6.04 Å². The maximum atomic E-state index is 5.96. The number of thiazole rings is 1. The van der Waals surface area contributed by atoms with Gasteiger partial charge in [-0.1, -0.05) is 23.7 Å². The van der Waals surface area contributed by atoms with Gasteiger partial charge in [-0.05, 0) is 49.2 Å². The van der Waals surface area contributed by atoms with Crippen LogP contribution in [0.25, 0.3) is 21.7 Å². The van der Waals surface area contributed by atoms with Crippen LogP contribution in [0.3, 0.4) is 0 Å². The number of rotatable bonds is 4. The molecule has 1 aliphatic rings. The molecule has 2 aromatic heterocycles. The monoisotopic (exact) mass is 411 g/mol. The highest BCUT2D eigenvalue weighted by molar-refractivity contribution is 7.18. The van der Waals surface area contributed by atoms with Crippen molar-refractivity contribution in [1.82, 2.24) is 15.2 Å². The summed E-state index contributed by atoms with van der Waals surface area (Å²) >= 11 is 7.77. The first-order chi connectivity index (χ1) is 13.8. The number of benzene rings is 2. The molecule has 1 fully saturated rings. The topological polar surface area (TPSA) is 56.2 Å². The molecule has 2 atom stereocenters. The number of nitrogens with zero attached hydrogens (tertiary/aromatic N) is 3. The van der Waals surface area contributed by atoms with Gasteiger partial charge < -0.3 is 9.32 Å². The summed E-state index contributed by atoms with van der Waals surface area (Å²) in [4.78, 5) is 6.36. The summed E-state index contributed by atoms with van der Waals surface area (Å²) in [6.07, 6.45) is 3.60. The summed E-state index contributed by atoms with van der Waals surface area (Å²) in [5.74, 6) is 1.22. The second-order valence-corrected chi connectivity index (χ2v) is 8.66. The summed E-state index contributed by atoms with van der Waals surface area (Å²) < 4.78 is 7.21. The normalized spacial score (nSPS) is 19.9. The maximum absolute atomic E-state index is 5.96. The van der Waals surface area contributed by atoms with Crippen LogP contribution in [0, 0.1) is 0 Å². The van der Waals surface area contributed by atoms with E-state index in [4.69, 9.17) is 21.0 Å². The van der Waals surface area contributed by atoms with E-state index in [1.807, 2.05) is 41.7 Å². The Morgan fingerprint density at radius 1 is 1.07 bits per heavy atom. The predicted octanol–water partition coefficient (Wildman–Crippen LogP) is 4.31. The van der Waals surface area contributed by atoms with Crippen LogP contribution in [0.1, 0.15) is 36.2 Å². The molecule has 2 aromatic carbocycles. The molecule has 142 valence electrons. The number of quaternary nitrogens is 1. The Bertz CT molecular complexity index is 1060. The van der Waals surface area contributed by atoms with Gasteiger partial charge in [-0.3, -0.25) is 0 Å². The largest absolute Gasteiger partial charge is 0.415 e. The number of aromatic nitrogens is 3. The quantitative estimate of drug-likeness (QED) is 0.543. The van der Waals surface area contributed by atoms with Crippen LogP contribution < -0.4 is 4.90 Å². The molecule has 4 aromatic rings. The van der Waals surface area contributed by atoms with Crippen molar-refractivity contribution in [2.75, 3.05) is 6.54 Å². The Balaban J connectivity index is 1.38. The zero-order valence-electron chi connectivity index (χ0n) is 15.3. The van der Waals surface area contributed by atoms with Crippen molar-refractivity contribution < 1.29 is 9.32 Å². The minimum atomic E-state index is 0.386. The maximum Gasteiger partial charge on any atom is 0.271 e. The van der Waals surface area contributed by atoms with Crippen LogP contribution >= 0.6 is 22.9 Å². The van der Waals surface area contributed by atoms with Gasteiger partial charge in [0.25, 0.3) is 5.89 Å². The molecule has 28 heavy (non-hydrogen) atoms. The zero-order valence-corrected chi connectivity index (χ0v) is 16.8. The Morgan fingerprint density at radius 3 is 2.79 bits per heavy atom. The highest BCUT2D eigenvalue weighted by atomic mass is 35.5. The predicted molar refractivity (Wildman–Crippen MR) is 110 cm³/mol. The molecule has 0 spiro atoms. The average Bonchev–Trinajstić information content (AvgIpc) is 3.36. The molecule has 3 heterocycles. The molecular weight excluding hydrogens is 392 g/mol. The van der Waals surface area contributed by atoms with E-state index in [1.165, 1.54) is 27.4 Å². The molecule has 1 aliphatic heterocycles. The van der Waals surface area contributed by atoms with Gasteiger partial charge in [-0.25, -0.2) is 4.98 Å². The number of para-hydroxylation sites is 1. The highest BCUT2D eigenvalue weighted by Gasteiger charge is 2.31. The van der Waals surface area contributed by atoms with Crippen LogP contribution in [0.15, 0.2) is 52.9 Å². The third kappa shape index (κ3) is 3.55. The van der Waals surface area contributed by atoms with E-state index in [2.05, 4.69) is 28.4 Å². The minimum absolute atomic E-state index is 0.386. The summed E-state index contributed by atoms with van der Waals surface area (Å²) in [5.41, 5.74) is 1.98. The lowest BCUT2D eigenvalue weighted by molar-refractivity contribution is -0.951. The molecule has 0 bridgehead atoms. The van der Waals surface area contributed by atoms with Crippen molar-refractivity contribution in [2.24, 2.45) is 0 Å². The number of hydrogen-bond acceptors (Lipinski definition) is 5. The molecule has 1 unspecified atom stereocenters. The van der Waals surface area contributed by atoms with Crippen molar-refractivity contribution in [2.45, 2.75) is 31.8 Å². The zero-order chi connectivity index (χ0) is 18.9. The van der Waals surface area contributed by atoms with Gasteiger partial charge in [0.15, 0.2) is 11.6 Å². The van der Waals surface area contributed by atoms with E-state index >= 15 is 0 Å². The molecule has 0 saturated carbocycles. The van der Waals surface area contributed by atoms with Gasteiger partial charge in [-0.15, -0.1) is 21.5 Å². The Labute approximate surface area is 172 Å². The first kappa shape index (κ1) is 17.8. The summed E-state index contributed by atoms with van der Waals surface area (Å²) in [7, 11) is 0. The third-order valence-corrected chi connectivity index (χ3v) is 6.68. The van der Waals surface area contributed by atoms with E-state index in [1.54, 1.807) is 0 Å². The van der Waals surface area contributed by atoms with Crippen molar-refractivity contribution in [1.29, 1.82) is 0 Å². The van der Waals surface area contributed by atoms with Crippen molar-refractivity contribution in [3.8, 4) is 11.5 Å². The van der Waals surface area contributed by atoms with Crippen LogP contribution in [-0.4, -0.2) is 21.7 Å². The fourth-order valence-electron chi connectivity index (χ4n) is 3.86. The lowest BCUT2D eigenvalue weighted by atomic mass is 10.0. The van der Waals surface area contributed by atoms with Gasteiger partial charge in [0.05, 0.1) is 16.8 Å². The van der Waals surface area contributed by atoms with E-state index in [-0.39, 0.29) is 0 Å². The van der Waals surface area contributed by atoms with Crippen LogP contribution in [-0.2, 0) is 6.54 Å². The molecule has 0 amide bonds. The minimum Gasteiger partial charge on any atom is -0.415 e. The van der Waals surface area contributed by atoms with Crippen LogP contribution in [0.5, 0.6) is 0 Å². The fourth-order valence-corrected chi connectivity index (χ4v) is 5.14. The van der Waals surface area contributed by atoms with E-state index < -0.39 is 0 Å². The van der Waals surface area contributed by atoms with E-state index in [0.29, 0.717) is 22.8 Å². The van der Waals surface area contributed by atoms with Crippen LogP contribution in [0.2, 0.25) is 5.02 Å². The smallest absolute Gasteiger partial charge is 0.271 e. The lowest BCUT2D eigenvalue weighted by Gasteiger charge is -2.30. The second-order valence-electron chi connectivity index (χ2n) is 7.16. The Kier molecular flexibility index (Phi) is 4.84. The van der Waals surface area contributed by atoms with Crippen LogP contribution in [0.4, 0.5) is 0 Å². The summed E-state index contributed by atoms with van der Waals surface area (Å²) in [5, 5.41) is 10.4. The number of halogens is 1. The second kappa shape index (κ2) is 7.62.